The van der Waals surface area contributed by atoms with Crippen LogP contribution in [0.15, 0.2) is 12.2 Å². The van der Waals surface area contributed by atoms with Gasteiger partial charge in [0.15, 0.2) is 0 Å². The number of hydrogen-bond donors (Lipinski definition) is 1. The minimum absolute atomic E-state index is 0.163. The molecule has 0 heterocycles. The molecular formula is C11H16O2. The number of allylic oxidation sites excluding steroid dienone is 1. The quantitative estimate of drug-likeness (QED) is 0.654. The Morgan fingerprint density at radius 2 is 2.23 bits per heavy atom. The Bertz CT molecular complexity index is 285. The van der Waals surface area contributed by atoms with E-state index in [1.807, 2.05) is 26.0 Å². The van der Waals surface area contributed by atoms with Crippen LogP contribution in [0.3, 0.4) is 0 Å². The first-order valence-corrected chi connectivity index (χ1v) is 4.81. The van der Waals surface area contributed by atoms with Gasteiger partial charge in [-0.3, -0.25) is 4.79 Å². The van der Waals surface area contributed by atoms with Crippen LogP contribution in [0, 0.1) is 17.3 Å². The molecule has 0 bridgehead atoms. The molecule has 72 valence electrons. The molecule has 0 unspecified atom stereocenters. The maximum Gasteiger partial charge on any atom is 0.140 e. The highest BCUT2D eigenvalue weighted by molar-refractivity contribution is 5.89. The van der Waals surface area contributed by atoms with Crippen molar-refractivity contribution >= 4 is 5.78 Å². The molecule has 0 radical (unpaired) electrons. The van der Waals surface area contributed by atoms with E-state index in [0.29, 0.717) is 5.92 Å². The van der Waals surface area contributed by atoms with Crippen LogP contribution in [0.2, 0.25) is 0 Å². The minimum Gasteiger partial charge on any atom is -0.390 e. The topological polar surface area (TPSA) is 37.3 Å². The molecule has 0 spiro atoms. The monoisotopic (exact) mass is 180 g/mol. The van der Waals surface area contributed by atoms with E-state index in [9.17, 15) is 9.90 Å². The van der Waals surface area contributed by atoms with Gasteiger partial charge >= 0.3 is 0 Å². The molecule has 1 fully saturated rings. The molecule has 2 aliphatic carbocycles. The van der Waals surface area contributed by atoms with E-state index < -0.39 is 5.60 Å². The Morgan fingerprint density at radius 3 is 2.46 bits per heavy atom. The van der Waals surface area contributed by atoms with Gasteiger partial charge in [0.05, 0.1) is 11.0 Å². The third-order valence-electron chi connectivity index (χ3n) is 3.56. The Labute approximate surface area is 78.6 Å². The molecule has 0 aliphatic heterocycles. The highest BCUT2D eigenvalue weighted by atomic mass is 16.3. The average Bonchev–Trinajstić information content (AvgIpc) is 2.56. The summed E-state index contributed by atoms with van der Waals surface area (Å²) in [4.78, 5) is 11.3. The van der Waals surface area contributed by atoms with E-state index in [0.717, 1.165) is 6.42 Å². The molecule has 3 atom stereocenters. The zero-order valence-corrected chi connectivity index (χ0v) is 8.37. The average molecular weight is 180 g/mol. The highest BCUT2D eigenvalue weighted by Crippen LogP contribution is 2.64. The third-order valence-corrected chi connectivity index (χ3v) is 3.56. The van der Waals surface area contributed by atoms with Crippen LogP contribution in [0.25, 0.3) is 0 Å². The lowest BCUT2D eigenvalue weighted by Gasteiger charge is -2.25. The van der Waals surface area contributed by atoms with Crippen LogP contribution in [0.4, 0.5) is 0 Å². The fraction of sp³-hybridized carbons (Fsp3) is 0.727. The zero-order chi connectivity index (χ0) is 9.85. The fourth-order valence-corrected chi connectivity index (χ4v) is 2.60. The standard InChI is InChI=1S/C11H16O2/c1-7(12)11-5-4-8(9(11)6-11)10(2,3)13/h4-5,8-9,13H,6H2,1-3H3/t8-,9-,11-/m0/s1. The van der Waals surface area contributed by atoms with Gasteiger partial charge in [-0.05, 0) is 33.1 Å². The van der Waals surface area contributed by atoms with Crippen molar-refractivity contribution in [2.45, 2.75) is 32.8 Å². The highest BCUT2D eigenvalue weighted by Gasteiger charge is 2.63. The maximum absolute atomic E-state index is 11.3. The molecule has 0 amide bonds. The Hall–Kier alpha value is -0.630. The van der Waals surface area contributed by atoms with Crippen molar-refractivity contribution in [3.8, 4) is 0 Å². The Morgan fingerprint density at radius 1 is 1.62 bits per heavy atom. The maximum atomic E-state index is 11.3. The first-order valence-electron chi connectivity index (χ1n) is 4.81. The molecular weight excluding hydrogens is 164 g/mol. The van der Waals surface area contributed by atoms with Crippen molar-refractivity contribution in [3.63, 3.8) is 0 Å². The first-order chi connectivity index (χ1) is 5.88. The van der Waals surface area contributed by atoms with Crippen LogP contribution < -0.4 is 0 Å². The van der Waals surface area contributed by atoms with Crippen molar-refractivity contribution in [1.82, 2.24) is 0 Å². The van der Waals surface area contributed by atoms with E-state index >= 15 is 0 Å². The molecule has 2 heteroatoms. The summed E-state index contributed by atoms with van der Waals surface area (Å²) in [5.41, 5.74) is -0.875. The second-order valence-electron chi connectivity index (χ2n) is 4.95. The third kappa shape index (κ3) is 1.08. The van der Waals surface area contributed by atoms with Gasteiger partial charge in [-0.25, -0.2) is 0 Å². The van der Waals surface area contributed by atoms with E-state index in [-0.39, 0.29) is 17.1 Å². The molecule has 0 saturated heterocycles. The minimum atomic E-state index is -0.686. The molecule has 0 aromatic carbocycles. The summed E-state index contributed by atoms with van der Waals surface area (Å²) in [5.74, 6) is 0.780. The summed E-state index contributed by atoms with van der Waals surface area (Å²) in [6.07, 6.45) is 4.95. The van der Waals surface area contributed by atoms with Gasteiger partial charge in [0.25, 0.3) is 0 Å². The van der Waals surface area contributed by atoms with Gasteiger partial charge < -0.3 is 5.11 Å². The normalized spacial score (nSPS) is 41.8. The van der Waals surface area contributed by atoms with Gasteiger partial charge in [-0.2, -0.15) is 0 Å². The number of hydrogen-bond acceptors (Lipinski definition) is 2. The Kier molecular flexibility index (Phi) is 1.54. The second kappa shape index (κ2) is 2.24. The predicted molar refractivity (Wildman–Crippen MR) is 50.1 cm³/mol. The largest absolute Gasteiger partial charge is 0.390 e. The van der Waals surface area contributed by atoms with Crippen molar-refractivity contribution in [2.24, 2.45) is 17.3 Å². The number of fused-ring (bicyclic) bond motifs is 1. The first kappa shape index (κ1) is 8.95. The fourth-order valence-electron chi connectivity index (χ4n) is 2.60. The number of aliphatic hydroxyl groups is 1. The number of ketones is 1. The second-order valence-corrected chi connectivity index (χ2v) is 4.95. The molecule has 0 aromatic rings. The van der Waals surface area contributed by atoms with Gasteiger partial charge in [-0.1, -0.05) is 12.2 Å². The molecule has 1 N–H and O–H groups in total. The molecule has 2 rings (SSSR count). The molecule has 2 aliphatic rings. The Balaban J connectivity index is 2.20. The molecule has 0 aromatic heterocycles. The van der Waals surface area contributed by atoms with Crippen LogP contribution >= 0.6 is 0 Å². The van der Waals surface area contributed by atoms with E-state index in [4.69, 9.17) is 0 Å². The van der Waals surface area contributed by atoms with Crippen molar-refractivity contribution < 1.29 is 9.90 Å². The van der Waals surface area contributed by atoms with Crippen LogP contribution in [0.1, 0.15) is 27.2 Å². The number of carbonyl (C=O) groups excluding carboxylic acids is 1. The smallest absolute Gasteiger partial charge is 0.140 e. The van der Waals surface area contributed by atoms with Crippen molar-refractivity contribution in [2.75, 3.05) is 0 Å². The van der Waals surface area contributed by atoms with Gasteiger partial charge in [0.1, 0.15) is 5.78 Å². The summed E-state index contributed by atoms with van der Waals surface area (Å²) in [5, 5.41) is 9.85. The number of rotatable bonds is 2. The molecule has 1 saturated carbocycles. The van der Waals surface area contributed by atoms with Crippen LogP contribution in [0.5, 0.6) is 0 Å². The summed E-state index contributed by atoms with van der Waals surface area (Å²) in [6, 6.07) is 0. The van der Waals surface area contributed by atoms with Crippen molar-refractivity contribution in [3.05, 3.63) is 12.2 Å². The van der Waals surface area contributed by atoms with E-state index in [1.165, 1.54) is 0 Å². The number of carbonyl (C=O) groups is 1. The van der Waals surface area contributed by atoms with Gasteiger partial charge in [0.2, 0.25) is 0 Å². The lowest BCUT2D eigenvalue weighted by molar-refractivity contribution is -0.121. The summed E-state index contributed by atoms with van der Waals surface area (Å²) in [6.45, 7) is 5.28. The predicted octanol–water partition coefficient (Wildman–Crippen LogP) is 1.54. The van der Waals surface area contributed by atoms with Gasteiger partial charge in [0, 0.05) is 5.92 Å². The SMILES string of the molecule is CC(=O)[C@@]12C=C[C@H](C(C)(C)O)[C@@H]1C2. The lowest BCUT2D eigenvalue weighted by atomic mass is 9.87. The van der Waals surface area contributed by atoms with Crippen LogP contribution in [-0.2, 0) is 4.79 Å². The summed E-state index contributed by atoms with van der Waals surface area (Å²) >= 11 is 0. The summed E-state index contributed by atoms with van der Waals surface area (Å²) in [7, 11) is 0. The molecule has 13 heavy (non-hydrogen) atoms. The zero-order valence-electron chi connectivity index (χ0n) is 8.37. The van der Waals surface area contributed by atoms with Gasteiger partial charge in [-0.15, -0.1) is 0 Å². The molecule has 2 nitrogen and oxygen atoms in total. The van der Waals surface area contributed by atoms with E-state index in [1.54, 1.807) is 6.92 Å². The summed E-state index contributed by atoms with van der Waals surface area (Å²) < 4.78 is 0. The van der Waals surface area contributed by atoms with E-state index in [2.05, 4.69) is 0 Å². The van der Waals surface area contributed by atoms with Crippen molar-refractivity contribution in [1.29, 1.82) is 0 Å². The van der Waals surface area contributed by atoms with Crippen LogP contribution in [-0.4, -0.2) is 16.5 Å². The number of Topliss-reactive ketones (excluding diaryl/α,β-unsaturated/α-hetero) is 1. The lowest BCUT2D eigenvalue weighted by Crippen LogP contribution is -2.30.